The highest BCUT2D eigenvalue weighted by Gasteiger charge is 2.04. The summed E-state index contributed by atoms with van der Waals surface area (Å²) in [5.41, 5.74) is 2.00. The number of carbonyl (C=O) groups is 1. The lowest BCUT2D eigenvalue weighted by molar-refractivity contribution is -0.131. The van der Waals surface area contributed by atoms with Crippen molar-refractivity contribution < 1.29 is 9.90 Å². The van der Waals surface area contributed by atoms with E-state index in [0.717, 1.165) is 30.0 Å². The number of anilines is 1. The van der Waals surface area contributed by atoms with Gasteiger partial charge in [0.1, 0.15) is 0 Å². The Morgan fingerprint density at radius 3 is 2.83 bits per heavy atom. The third-order valence-electron chi connectivity index (χ3n) is 2.60. The number of hydrogen-bond donors (Lipinski definition) is 1. The van der Waals surface area contributed by atoms with Gasteiger partial charge < -0.3 is 10.0 Å². The second-order valence-electron chi connectivity index (χ2n) is 4.00. The summed E-state index contributed by atoms with van der Waals surface area (Å²) in [5.74, 6) is 0.215. The lowest BCUT2D eigenvalue weighted by Crippen LogP contribution is -2.19. The molecule has 1 aromatic rings. The maximum Gasteiger partial charge on any atom is 0.328 e. The normalized spacial score (nSPS) is 10.8. The zero-order valence-electron chi connectivity index (χ0n) is 10.8. The van der Waals surface area contributed by atoms with Crippen LogP contribution in [0.1, 0.15) is 12.0 Å². The van der Waals surface area contributed by atoms with E-state index in [-0.39, 0.29) is 0 Å². The van der Waals surface area contributed by atoms with Crippen molar-refractivity contribution in [1.29, 1.82) is 0 Å². The number of rotatable bonds is 7. The Labute approximate surface area is 113 Å². The summed E-state index contributed by atoms with van der Waals surface area (Å²) in [6.07, 6.45) is 6.04. The molecule has 0 aliphatic rings. The summed E-state index contributed by atoms with van der Waals surface area (Å²) in [7, 11) is 2.04. The second-order valence-corrected chi connectivity index (χ2v) is 4.98. The van der Waals surface area contributed by atoms with E-state index in [1.165, 1.54) is 6.08 Å². The van der Waals surface area contributed by atoms with Crippen molar-refractivity contribution in [3.05, 3.63) is 35.9 Å². The van der Waals surface area contributed by atoms with Crippen LogP contribution in [0.15, 0.2) is 30.3 Å². The summed E-state index contributed by atoms with van der Waals surface area (Å²) < 4.78 is 0. The maximum atomic E-state index is 10.6. The number of para-hydroxylation sites is 1. The fraction of sp³-hybridized carbons (Fsp3) is 0.357. The molecule has 1 rings (SSSR count). The standard InChI is InChI=1S/C14H19NO2S/c1-15(10-5-11-18-2)13-7-4-3-6-12(13)8-9-14(16)17/h3-4,6-9H,5,10-11H2,1-2H3,(H,16,17)/b9-8+. The second kappa shape index (κ2) is 7.82. The average molecular weight is 265 g/mol. The Morgan fingerprint density at radius 2 is 2.17 bits per heavy atom. The predicted octanol–water partition coefficient (Wildman–Crippen LogP) is 2.97. The molecule has 0 fully saturated rings. The molecule has 0 saturated heterocycles. The molecule has 0 heterocycles. The molecule has 4 heteroatoms. The number of aliphatic carboxylic acids is 1. The minimum Gasteiger partial charge on any atom is -0.478 e. The number of benzene rings is 1. The molecule has 0 aliphatic heterocycles. The fourth-order valence-corrected chi connectivity index (χ4v) is 2.12. The first-order valence-electron chi connectivity index (χ1n) is 5.85. The highest BCUT2D eigenvalue weighted by Crippen LogP contribution is 2.20. The van der Waals surface area contributed by atoms with Crippen LogP contribution >= 0.6 is 11.8 Å². The summed E-state index contributed by atoms with van der Waals surface area (Å²) in [6.45, 7) is 0.971. The number of carboxylic acid groups (broad SMARTS) is 1. The minimum atomic E-state index is -0.921. The van der Waals surface area contributed by atoms with Crippen molar-refractivity contribution in [2.24, 2.45) is 0 Å². The molecule has 0 saturated carbocycles. The van der Waals surface area contributed by atoms with Gasteiger partial charge in [0.15, 0.2) is 0 Å². The lowest BCUT2D eigenvalue weighted by atomic mass is 10.1. The topological polar surface area (TPSA) is 40.5 Å². The quantitative estimate of drug-likeness (QED) is 0.608. The van der Waals surface area contributed by atoms with E-state index in [2.05, 4.69) is 11.2 Å². The third kappa shape index (κ3) is 4.84. The molecule has 0 aliphatic carbocycles. The summed E-state index contributed by atoms with van der Waals surface area (Å²) >= 11 is 1.84. The number of carboxylic acids is 1. The van der Waals surface area contributed by atoms with Gasteiger partial charge in [-0.2, -0.15) is 11.8 Å². The van der Waals surface area contributed by atoms with Crippen LogP contribution in [-0.4, -0.2) is 36.7 Å². The molecule has 98 valence electrons. The van der Waals surface area contributed by atoms with Gasteiger partial charge >= 0.3 is 5.97 Å². The average Bonchev–Trinajstić information content (AvgIpc) is 2.37. The summed E-state index contributed by atoms with van der Waals surface area (Å²) in [4.78, 5) is 12.7. The van der Waals surface area contributed by atoms with Gasteiger partial charge in [0, 0.05) is 25.4 Å². The van der Waals surface area contributed by atoms with E-state index in [0.29, 0.717) is 0 Å². The smallest absolute Gasteiger partial charge is 0.328 e. The maximum absolute atomic E-state index is 10.6. The van der Waals surface area contributed by atoms with Gasteiger partial charge in [-0.3, -0.25) is 0 Å². The Bertz CT molecular complexity index is 418. The van der Waals surface area contributed by atoms with Gasteiger partial charge in [-0.1, -0.05) is 18.2 Å². The van der Waals surface area contributed by atoms with E-state index in [1.54, 1.807) is 6.08 Å². The number of hydrogen-bond acceptors (Lipinski definition) is 3. The molecule has 1 aromatic carbocycles. The molecule has 0 atom stereocenters. The van der Waals surface area contributed by atoms with Crippen LogP contribution in [0.2, 0.25) is 0 Å². The molecule has 18 heavy (non-hydrogen) atoms. The Kier molecular flexibility index (Phi) is 6.36. The fourth-order valence-electron chi connectivity index (χ4n) is 1.70. The third-order valence-corrected chi connectivity index (χ3v) is 3.29. The summed E-state index contributed by atoms with van der Waals surface area (Å²) in [6, 6.07) is 7.83. The highest BCUT2D eigenvalue weighted by atomic mass is 32.2. The molecule has 1 N–H and O–H groups in total. The van der Waals surface area contributed by atoms with E-state index in [9.17, 15) is 4.79 Å². The molecule has 0 aromatic heterocycles. The van der Waals surface area contributed by atoms with E-state index in [1.807, 2.05) is 43.1 Å². The van der Waals surface area contributed by atoms with Crippen LogP contribution in [0.25, 0.3) is 6.08 Å². The predicted molar refractivity (Wildman–Crippen MR) is 79.4 cm³/mol. The monoisotopic (exact) mass is 265 g/mol. The van der Waals surface area contributed by atoms with Crippen molar-refractivity contribution in [2.45, 2.75) is 6.42 Å². The van der Waals surface area contributed by atoms with Gasteiger partial charge in [-0.25, -0.2) is 4.79 Å². The number of thioether (sulfide) groups is 1. The van der Waals surface area contributed by atoms with Crippen LogP contribution in [0.3, 0.4) is 0 Å². The number of nitrogens with zero attached hydrogens (tertiary/aromatic N) is 1. The molecule has 3 nitrogen and oxygen atoms in total. The highest BCUT2D eigenvalue weighted by molar-refractivity contribution is 7.98. The van der Waals surface area contributed by atoms with Gasteiger partial charge in [0.25, 0.3) is 0 Å². The van der Waals surface area contributed by atoms with Crippen LogP contribution in [0.5, 0.6) is 0 Å². The molecular formula is C14H19NO2S. The lowest BCUT2D eigenvalue weighted by Gasteiger charge is -2.21. The van der Waals surface area contributed by atoms with Crippen molar-refractivity contribution in [2.75, 3.05) is 30.5 Å². The molecule has 0 radical (unpaired) electrons. The zero-order chi connectivity index (χ0) is 13.4. The molecule has 0 spiro atoms. The summed E-state index contributed by atoms with van der Waals surface area (Å²) in [5, 5.41) is 8.67. The molecule has 0 unspecified atom stereocenters. The van der Waals surface area contributed by atoms with Crippen molar-refractivity contribution in [3.8, 4) is 0 Å². The zero-order valence-corrected chi connectivity index (χ0v) is 11.6. The van der Waals surface area contributed by atoms with Gasteiger partial charge in [0.05, 0.1) is 0 Å². The van der Waals surface area contributed by atoms with Crippen LogP contribution < -0.4 is 4.90 Å². The molecule has 0 amide bonds. The van der Waals surface area contributed by atoms with Gasteiger partial charge in [-0.05, 0) is 36.1 Å². The van der Waals surface area contributed by atoms with Crippen molar-refractivity contribution in [1.82, 2.24) is 0 Å². The van der Waals surface area contributed by atoms with Crippen molar-refractivity contribution >= 4 is 29.5 Å². The largest absolute Gasteiger partial charge is 0.478 e. The van der Waals surface area contributed by atoms with Gasteiger partial charge in [0.2, 0.25) is 0 Å². The van der Waals surface area contributed by atoms with Crippen LogP contribution in [-0.2, 0) is 4.79 Å². The first-order valence-corrected chi connectivity index (χ1v) is 7.24. The molecule has 0 bridgehead atoms. The van der Waals surface area contributed by atoms with E-state index < -0.39 is 5.97 Å². The minimum absolute atomic E-state index is 0.921. The Balaban J connectivity index is 2.77. The molecular weight excluding hydrogens is 246 g/mol. The first-order chi connectivity index (χ1) is 8.65. The first kappa shape index (κ1) is 14.6. The van der Waals surface area contributed by atoms with E-state index in [4.69, 9.17) is 5.11 Å². The van der Waals surface area contributed by atoms with Crippen molar-refractivity contribution in [3.63, 3.8) is 0 Å². The SMILES string of the molecule is CSCCCN(C)c1ccccc1/C=C/C(=O)O. The Hall–Kier alpha value is -1.42. The van der Waals surface area contributed by atoms with Crippen LogP contribution in [0, 0.1) is 0 Å². The van der Waals surface area contributed by atoms with Crippen LogP contribution in [0.4, 0.5) is 5.69 Å². The van der Waals surface area contributed by atoms with E-state index >= 15 is 0 Å². The Morgan fingerprint density at radius 1 is 1.44 bits per heavy atom. The van der Waals surface area contributed by atoms with Gasteiger partial charge in [-0.15, -0.1) is 0 Å².